The molecule has 2 fully saturated rings. The van der Waals surface area contributed by atoms with Crippen LogP contribution in [0.5, 0.6) is 0 Å². The number of anilines is 2. The molecule has 3 aliphatic heterocycles. The van der Waals surface area contributed by atoms with Crippen molar-refractivity contribution in [3.63, 3.8) is 0 Å². The van der Waals surface area contributed by atoms with Gasteiger partial charge < -0.3 is 5.32 Å². The number of hydrogen-bond donors (Lipinski definition) is 1. The van der Waals surface area contributed by atoms with Gasteiger partial charge in [-0.1, -0.05) is 60.2 Å². The van der Waals surface area contributed by atoms with Gasteiger partial charge in [-0.05, 0) is 42.3 Å². The van der Waals surface area contributed by atoms with Crippen LogP contribution in [0.4, 0.5) is 11.4 Å². The molecule has 0 aliphatic carbocycles. The molecule has 0 unspecified atom stereocenters. The molecule has 1 N–H and O–H groups in total. The second kappa shape index (κ2) is 7.66. The van der Waals surface area contributed by atoms with Crippen LogP contribution in [0.1, 0.15) is 22.7 Å². The number of para-hydroxylation sites is 1. The Hall–Kier alpha value is -4.26. The van der Waals surface area contributed by atoms with Crippen molar-refractivity contribution < 1.29 is 14.4 Å². The number of amides is 3. The first-order chi connectivity index (χ1) is 16.5. The van der Waals surface area contributed by atoms with Crippen LogP contribution in [0.3, 0.4) is 0 Å². The van der Waals surface area contributed by atoms with Crippen LogP contribution in [0, 0.1) is 18.8 Å². The third-order valence-electron chi connectivity index (χ3n) is 6.90. The number of nitrogens with one attached hydrogen (secondary N) is 1. The molecule has 168 valence electrons. The molecule has 6 rings (SSSR count). The number of imide groups is 1. The second-order valence-corrected chi connectivity index (χ2v) is 8.90. The molecule has 3 aromatic carbocycles. The normalized spacial score (nSPS) is 24.6. The maximum Gasteiger partial charge on any atom is 0.249 e. The van der Waals surface area contributed by atoms with Gasteiger partial charge in [0.2, 0.25) is 17.7 Å². The first-order valence-corrected chi connectivity index (χ1v) is 11.3. The number of carbonyl (C=O) groups is 3. The van der Waals surface area contributed by atoms with Crippen LogP contribution in [0.2, 0.25) is 0 Å². The van der Waals surface area contributed by atoms with Gasteiger partial charge in [-0.3, -0.25) is 19.4 Å². The van der Waals surface area contributed by atoms with Crippen molar-refractivity contribution in [1.82, 2.24) is 5.01 Å². The molecule has 0 bridgehead atoms. The Morgan fingerprint density at radius 3 is 2.29 bits per heavy atom. The summed E-state index contributed by atoms with van der Waals surface area (Å²) in [5.41, 5.74) is 3.97. The molecule has 34 heavy (non-hydrogen) atoms. The van der Waals surface area contributed by atoms with Gasteiger partial charge in [0.25, 0.3) is 0 Å². The van der Waals surface area contributed by atoms with Crippen molar-refractivity contribution in [1.29, 1.82) is 0 Å². The molecule has 3 aromatic rings. The number of hydrazone groups is 1. The summed E-state index contributed by atoms with van der Waals surface area (Å²) in [5, 5.41) is 9.13. The lowest BCUT2D eigenvalue weighted by atomic mass is 9.85. The number of fused-ring (bicyclic) bond motifs is 5. The first-order valence-electron chi connectivity index (χ1n) is 11.3. The third-order valence-corrected chi connectivity index (χ3v) is 6.90. The molecule has 3 aliphatic rings. The van der Waals surface area contributed by atoms with Crippen molar-refractivity contribution >= 4 is 35.3 Å². The molecule has 0 spiro atoms. The summed E-state index contributed by atoms with van der Waals surface area (Å²) in [4.78, 5) is 42.3. The molecular weight excluding hydrogens is 428 g/mol. The van der Waals surface area contributed by atoms with Crippen molar-refractivity contribution in [2.24, 2.45) is 16.9 Å². The van der Waals surface area contributed by atoms with Gasteiger partial charge in [0.15, 0.2) is 0 Å². The first kappa shape index (κ1) is 20.4. The minimum Gasteiger partial charge on any atom is -0.324 e. The fourth-order valence-electron chi connectivity index (χ4n) is 5.35. The van der Waals surface area contributed by atoms with Crippen molar-refractivity contribution in [3.05, 3.63) is 95.6 Å². The van der Waals surface area contributed by atoms with Crippen LogP contribution in [-0.2, 0) is 14.4 Å². The van der Waals surface area contributed by atoms with E-state index in [1.807, 2.05) is 61.5 Å². The van der Waals surface area contributed by atoms with E-state index in [1.54, 1.807) is 35.5 Å². The molecule has 7 nitrogen and oxygen atoms in total. The average Bonchev–Trinajstić information content (AvgIpc) is 3.33. The minimum atomic E-state index is -0.910. The lowest BCUT2D eigenvalue weighted by molar-refractivity contribution is -0.129. The highest BCUT2D eigenvalue weighted by molar-refractivity contribution is 6.24. The SMILES string of the molecule is Cc1ccc(N2C(=O)[C@@H]3[C@H](C2=O)[C@H]2c4ccccc4C=NN2[C@H]3C(=O)Nc2ccccc2)cc1. The van der Waals surface area contributed by atoms with E-state index in [4.69, 9.17) is 0 Å². The standard InChI is InChI=1S/C27H22N4O3/c1-16-11-13-19(14-12-16)30-26(33)21-22(27(30)34)24(25(32)29-18-8-3-2-4-9-18)31-23(21)20-10-6-5-7-17(20)15-28-31/h2-15,21-24H,1H3,(H,29,32)/t21-,22+,23+,24+/m0/s1. The van der Waals surface area contributed by atoms with E-state index in [0.29, 0.717) is 11.4 Å². The Balaban J connectivity index is 1.45. The quantitative estimate of drug-likeness (QED) is 0.619. The Morgan fingerprint density at radius 1 is 0.853 bits per heavy atom. The van der Waals surface area contributed by atoms with Gasteiger partial charge >= 0.3 is 0 Å². The highest BCUT2D eigenvalue weighted by atomic mass is 16.2. The molecule has 3 heterocycles. The smallest absolute Gasteiger partial charge is 0.249 e. The van der Waals surface area contributed by atoms with E-state index in [0.717, 1.165) is 16.7 Å². The largest absolute Gasteiger partial charge is 0.324 e. The van der Waals surface area contributed by atoms with Crippen LogP contribution in [0.15, 0.2) is 84.0 Å². The average molecular weight is 450 g/mol. The van der Waals surface area contributed by atoms with Crippen LogP contribution in [0.25, 0.3) is 0 Å². The molecule has 3 amide bonds. The van der Waals surface area contributed by atoms with E-state index < -0.39 is 23.9 Å². The Kier molecular flexibility index (Phi) is 4.58. The second-order valence-electron chi connectivity index (χ2n) is 8.90. The van der Waals surface area contributed by atoms with Gasteiger partial charge in [-0.2, -0.15) is 5.10 Å². The summed E-state index contributed by atoms with van der Waals surface area (Å²) in [6.45, 7) is 1.95. The molecular formula is C27H22N4O3. The Labute approximate surface area is 196 Å². The molecule has 7 heteroatoms. The predicted molar refractivity (Wildman–Crippen MR) is 128 cm³/mol. The van der Waals surface area contributed by atoms with Crippen LogP contribution in [-0.4, -0.2) is 35.0 Å². The van der Waals surface area contributed by atoms with Gasteiger partial charge in [0.1, 0.15) is 6.04 Å². The highest BCUT2D eigenvalue weighted by Crippen LogP contribution is 2.52. The van der Waals surface area contributed by atoms with E-state index in [1.165, 1.54) is 4.90 Å². The number of benzene rings is 3. The fourth-order valence-corrected chi connectivity index (χ4v) is 5.35. The van der Waals surface area contributed by atoms with Gasteiger partial charge in [0.05, 0.1) is 29.8 Å². The molecule has 2 saturated heterocycles. The molecule has 4 atom stereocenters. The van der Waals surface area contributed by atoms with E-state index >= 15 is 0 Å². The topological polar surface area (TPSA) is 82.1 Å². The van der Waals surface area contributed by atoms with Crippen LogP contribution < -0.4 is 10.2 Å². The third kappa shape index (κ3) is 2.97. The maximum atomic E-state index is 13.8. The molecule has 0 aromatic heterocycles. The Bertz CT molecular complexity index is 1340. The minimum absolute atomic E-state index is 0.296. The number of hydrogen-bond acceptors (Lipinski definition) is 5. The summed E-state index contributed by atoms with van der Waals surface area (Å²) >= 11 is 0. The Morgan fingerprint density at radius 2 is 1.53 bits per heavy atom. The summed E-state index contributed by atoms with van der Waals surface area (Å²) in [7, 11) is 0. The maximum absolute atomic E-state index is 13.8. The summed E-state index contributed by atoms with van der Waals surface area (Å²) < 4.78 is 0. The fraction of sp³-hybridized carbons (Fsp3) is 0.185. The van der Waals surface area contributed by atoms with Crippen molar-refractivity contribution in [2.75, 3.05) is 10.2 Å². The van der Waals surface area contributed by atoms with Crippen molar-refractivity contribution in [3.8, 4) is 0 Å². The number of aryl methyl sites for hydroxylation is 1. The zero-order valence-electron chi connectivity index (χ0n) is 18.5. The van der Waals surface area contributed by atoms with E-state index in [2.05, 4.69) is 10.4 Å². The lowest BCUT2D eigenvalue weighted by Gasteiger charge is -2.33. The zero-order chi connectivity index (χ0) is 23.4. The van der Waals surface area contributed by atoms with Gasteiger partial charge in [0, 0.05) is 5.69 Å². The van der Waals surface area contributed by atoms with E-state index in [9.17, 15) is 14.4 Å². The monoisotopic (exact) mass is 450 g/mol. The number of nitrogens with zero attached hydrogens (tertiary/aromatic N) is 3. The van der Waals surface area contributed by atoms with Crippen LogP contribution >= 0.6 is 0 Å². The van der Waals surface area contributed by atoms with E-state index in [-0.39, 0.29) is 17.7 Å². The number of rotatable bonds is 3. The van der Waals surface area contributed by atoms with Gasteiger partial charge in [-0.25, -0.2) is 4.90 Å². The van der Waals surface area contributed by atoms with Crippen molar-refractivity contribution in [2.45, 2.75) is 19.0 Å². The molecule has 0 saturated carbocycles. The number of carbonyl (C=O) groups excluding carboxylic acids is 3. The van der Waals surface area contributed by atoms with Gasteiger partial charge in [-0.15, -0.1) is 0 Å². The lowest BCUT2D eigenvalue weighted by Crippen LogP contribution is -2.46. The zero-order valence-corrected chi connectivity index (χ0v) is 18.5. The summed E-state index contributed by atoms with van der Waals surface area (Å²) in [6.07, 6.45) is 1.70. The summed E-state index contributed by atoms with van der Waals surface area (Å²) in [6, 6.07) is 22.7. The summed E-state index contributed by atoms with van der Waals surface area (Å²) in [5.74, 6) is -2.57. The molecule has 0 radical (unpaired) electrons. The predicted octanol–water partition coefficient (Wildman–Crippen LogP) is 3.51. The highest BCUT2D eigenvalue weighted by Gasteiger charge is 2.65.